The van der Waals surface area contributed by atoms with Crippen molar-refractivity contribution in [3.05, 3.63) is 42.1 Å². The van der Waals surface area contributed by atoms with Crippen LogP contribution in [-0.2, 0) is 13.6 Å². The molecule has 6 heteroatoms. The Morgan fingerprint density at radius 3 is 2.38 bits per heavy atom. The maximum Gasteiger partial charge on any atom is 0.227 e. The van der Waals surface area contributed by atoms with Crippen LogP contribution in [0, 0.1) is 17.8 Å². The second-order valence-corrected chi connectivity index (χ2v) is 9.56. The molecule has 4 aliphatic rings. The van der Waals surface area contributed by atoms with E-state index in [1.54, 1.807) is 0 Å². The molecule has 29 heavy (non-hydrogen) atoms. The van der Waals surface area contributed by atoms with Crippen LogP contribution in [-0.4, -0.2) is 25.3 Å². The minimum Gasteiger partial charge on any atom is -0.365 e. The highest BCUT2D eigenvalue weighted by molar-refractivity contribution is 5.87. The number of fused-ring (bicyclic) bond motifs is 1. The Hall–Kier alpha value is -2.63. The zero-order chi connectivity index (χ0) is 19.4. The maximum atomic E-state index is 4.92. The van der Waals surface area contributed by atoms with Crippen LogP contribution >= 0.6 is 0 Å². The third-order valence-electron chi connectivity index (χ3n) is 7.31. The third-order valence-corrected chi connectivity index (χ3v) is 7.31. The zero-order valence-corrected chi connectivity index (χ0v) is 16.9. The molecule has 4 aliphatic carbocycles. The lowest BCUT2D eigenvalue weighted by atomic mass is 9.53. The van der Waals surface area contributed by atoms with Gasteiger partial charge in [-0.1, -0.05) is 30.3 Å². The van der Waals surface area contributed by atoms with Gasteiger partial charge in [0.1, 0.15) is 5.82 Å². The standard InChI is InChI=1S/C23H28N6/c1-29-21-19(14-25-29)20(24-13-15-5-3-2-4-6-15)26-22(27-21)28-23-10-16-7-17(11-23)9-18(8-16)12-23/h2-6,14,16-18H,7-13H2,1H3,(H2,24,26,27,28). The Bertz CT molecular complexity index is 1000. The summed E-state index contributed by atoms with van der Waals surface area (Å²) in [5, 5.41) is 12.7. The van der Waals surface area contributed by atoms with Gasteiger partial charge < -0.3 is 10.6 Å². The smallest absolute Gasteiger partial charge is 0.227 e. The van der Waals surface area contributed by atoms with Crippen molar-refractivity contribution in [1.29, 1.82) is 0 Å². The number of aromatic nitrogens is 4. The van der Waals surface area contributed by atoms with E-state index in [9.17, 15) is 0 Å². The fourth-order valence-corrected chi connectivity index (χ4v) is 6.50. The summed E-state index contributed by atoms with van der Waals surface area (Å²) >= 11 is 0. The summed E-state index contributed by atoms with van der Waals surface area (Å²) in [7, 11) is 1.95. The molecule has 4 bridgehead atoms. The van der Waals surface area contributed by atoms with Crippen molar-refractivity contribution < 1.29 is 0 Å². The van der Waals surface area contributed by atoms with E-state index in [1.165, 1.54) is 44.1 Å². The van der Waals surface area contributed by atoms with Crippen molar-refractivity contribution in [2.24, 2.45) is 24.8 Å². The monoisotopic (exact) mass is 388 g/mol. The summed E-state index contributed by atoms with van der Waals surface area (Å²) in [5.41, 5.74) is 2.30. The average Bonchev–Trinajstić information content (AvgIpc) is 3.06. The van der Waals surface area contributed by atoms with Gasteiger partial charge in [0, 0.05) is 19.1 Å². The Morgan fingerprint density at radius 1 is 1.00 bits per heavy atom. The summed E-state index contributed by atoms with van der Waals surface area (Å²) in [4.78, 5) is 9.78. The van der Waals surface area contributed by atoms with E-state index in [1.807, 2.05) is 24.0 Å². The minimum absolute atomic E-state index is 0.192. The maximum absolute atomic E-state index is 4.92. The molecule has 0 amide bonds. The molecule has 2 aromatic heterocycles. The van der Waals surface area contributed by atoms with Crippen LogP contribution in [0.3, 0.4) is 0 Å². The van der Waals surface area contributed by atoms with E-state index in [2.05, 4.69) is 40.0 Å². The van der Waals surface area contributed by atoms with Gasteiger partial charge in [-0.3, -0.25) is 4.68 Å². The molecular weight excluding hydrogens is 360 g/mol. The minimum atomic E-state index is 0.192. The highest BCUT2D eigenvalue weighted by atomic mass is 15.3. The fourth-order valence-electron chi connectivity index (χ4n) is 6.50. The van der Waals surface area contributed by atoms with Crippen LogP contribution < -0.4 is 10.6 Å². The van der Waals surface area contributed by atoms with Crippen LogP contribution in [0.15, 0.2) is 36.5 Å². The number of anilines is 2. The van der Waals surface area contributed by atoms with E-state index < -0.39 is 0 Å². The summed E-state index contributed by atoms with van der Waals surface area (Å²) in [6.45, 7) is 0.735. The number of aryl methyl sites for hydroxylation is 1. The lowest BCUT2D eigenvalue weighted by molar-refractivity contribution is 0.0104. The second kappa shape index (κ2) is 6.44. The Labute approximate surface area is 171 Å². The SMILES string of the molecule is Cn1ncc2c(NCc3ccccc3)nc(NC34CC5CC(CC(C5)C3)C4)nc21. The fraction of sp³-hybridized carbons (Fsp3) is 0.522. The number of hydrogen-bond acceptors (Lipinski definition) is 5. The summed E-state index contributed by atoms with van der Waals surface area (Å²) in [6.07, 6.45) is 10.00. The topological polar surface area (TPSA) is 67.7 Å². The molecule has 2 heterocycles. The van der Waals surface area contributed by atoms with Crippen LogP contribution in [0.2, 0.25) is 0 Å². The van der Waals surface area contributed by atoms with E-state index in [-0.39, 0.29) is 5.54 Å². The molecule has 4 saturated carbocycles. The van der Waals surface area contributed by atoms with Gasteiger partial charge in [0.05, 0.1) is 11.6 Å². The third kappa shape index (κ3) is 3.05. The summed E-state index contributed by atoms with van der Waals surface area (Å²) in [6, 6.07) is 10.4. The van der Waals surface area contributed by atoms with Gasteiger partial charge in [-0.2, -0.15) is 15.1 Å². The van der Waals surface area contributed by atoms with Crippen molar-refractivity contribution in [2.75, 3.05) is 10.6 Å². The molecule has 0 unspecified atom stereocenters. The first-order valence-corrected chi connectivity index (χ1v) is 10.9. The first kappa shape index (κ1) is 17.2. The number of rotatable bonds is 5. The Balaban J connectivity index is 1.32. The molecule has 6 nitrogen and oxygen atoms in total. The van der Waals surface area contributed by atoms with Gasteiger partial charge in [-0.05, 0) is 61.8 Å². The molecule has 0 spiro atoms. The van der Waals surface area contributed by atoms with Gasteiger partial charge in [-0.25, -0.2) is 0 Å². The number of nitrogens with one attached hydrogen (secondary N) is 2. The number of benzene rings is 1. The second-order valence-electron chi connectivity index (χ2n) is 9.56. The molecule has 2 N–H and O–H groups in total. The van der Waals surface area contributed by atoms with E-state index in [0.29, 0.717) is 0 Å². The predicted molar refractivity (Wildman–Crippen MR) is 115 cm³/mol. The number of nitrogens with zero attached hydrogens (tertiary/aromatic N) is 4. The normalized spacial score (nSPS) is 30.0. The predicted octanol–water partition coefficient (Wildman–Crippen LogP) is 4.36. The van der Waals surface area contributed by atoms with Gasteiger partial charge in [0.2, 0.25) is 5.95 Å². The van der Waals surface area contributed by atoms with Crippen LogP contribution in [0.25, 0.3) is 11.0 Å². The van der Waals surface area contributed by atoms with Crippen molar-refractivity contribution in [3.63, 3.8) is 0 Å². The molecule has 0 radical (unpaired) electrons. The zero-order valence-electron chi connectivity index (χ0n) is 16.9. The first-order chi connectivity index (χ1) is 14.2. The molecule has 0 aliphatic heterocycles. The molecule has 7 rings (SSSR count). The first-order valence-electron chi connectivity index (χ1n) is 10.9. The molecule has 0 atom stereocenters. The Morgan fingerprint density at radius 2 is 1.69 bits per heavy atom. The van der Waals surface area contributed by atoms with Crippen molar-refractivity contribution in [3.8, 4) is 0 Å². The van der Waals surface area contributed by atoms with Crippen LogP contribution in [0.4, 0.5) is 11.8 Å². The van der Waals surface area contributed by atoms with Crippen molar-refractivity contribution in [2.45, 2.75) is 50.6 Å². The molecule has 4 fully saturated rings. The molecule has 3 aromatic rings. The van der Waals surface area contributed by atoms with Crippen LogP contribution in [0.1, 0.15) is 44.1 Å². The van der Waals surface area contributed by atoms with Gasteiger partial charge in [0.15, 0.2) is 5.65 Å². The quantitative estimate of drug-likeness (QED) is 0.680. The van der Waals surface area contributed by atoms with E-state index >= 15 is 0 Å². The van der Waals surface area contributed by atoms with E-state index in [0.717, 1.165) is 47.1 Å². The van der Waals surface area contributed by atoms with Crippen molar-refractivity contribution in [1.82, 2.24) is 19.7 Å². The highest BCUT2D eigenvalue weighted by Crippen LogP contribution is 2.56. The van der Waals surface area contributed by atoms with Gasteiger partial charge in [-0.15, -0.1) is 0 Å². The number of hydrogen-bond donors (Lipinski definition) is 2. The summed E-state index contributed by atoms with van der Waals surface area (Å²) < 4.78 is 1.84. The largest absolute Gasteiger partial charge is 0.365 e. The average molecular weight is 389 g/mol. The molecule has 1 aromatic carbocycles. The van der Waals surface area contributed by atoms with E-state index in [4.69, 9.17) is 9.97 Å². The van der Waals surface area contributed by atoms with Crippen molar-refractivity contribution >= 4 is 22.8 Å². The highest BCUT2D eigenvalue weighted by Gasteiger charge is 2.51. The van der Waals surface area contributed by atoms with Gasteiger partial charge in [0.25, 0.3) is 0 Å². The molecule has 0 saturated heterocycles. The lowest BCUT2D eigenvalue weighted by Gasteiger charge is -2.56. The lowest BCUT2D eigenvalue weighted by Crippen LogP contribution is -2.55. The van der Waals surface area contributed by atoms with Crippen LogP contribution in [0.5, 0.6) is 0 Å². The molecule has 150 valence electrons. The molecular formula is C23H28N6. The Kier molecular flexibility index (Phi) is 3.83. The summed E-state index contributed by atoms with van der Waals surface area (Å²) in [5.74, 6) is 4.29. The van der Waals surface area contributed by atoms with Gasteiger partial charge >= 0.3 is 0 Å².